The number of hydrogen-bond donors (Lipinski definition) is 1. The van der Waals surface area contributed by atoms with Crippen LogP contribution in [0, 0.1) is 0 Å². The zero-order valence-corrected chi connectivity index (χ0v) is 11.0. The predicted octanol–water partition coefficient (Wildman–Crippen LogP) is 3.13. The molecule has 18 heavy (non-hydrogen) atoms. The lowest BCUT2D eigenvalue weighted by Gasteiger charge is -1.99. The number of amides is 1. The zero-order chi connectivity index (χ0) is 12.8. The summed E-state index contributed by atoms with van der Waals surface area (Å²) in [4.78, 5) is 11.9. The molecule has 5 heteroatoms. The van der Waals surface area contributed by atoms with Crippen LogP contribution in [0.2, 0.25) is 0 Å². The topological polar surface area (TPSA) is 54.9 Å². The van der Waals surface area contributed by atoms with Gasteiger partial charge in [-0.05, 0) is 18.6 Å². The maximum absolute atomic E-state index is 11.9. The number of rotatable bonds is 5. The Morgan fingerprint density at radius 2 is 2.06 bits per heavy atom. The lowest BCUT2D eigenvalue weighted by Crippen LogP contribution is -2.11. The first-order valence-corrected chi connectivity index (χ1v) is 6.80. The van der Waals surface area contributed by atoms with E-state index in [4.69, 9.17) is 0 Å². The summed E-state index contributed by atoms with van der Waals surface area (Å²) in [5.74, 6) is -0.145. The fourth-order valence-corrected chi connectivity index (χ4v) is 2.27. The summed E-state index contributed by atoms with van der Waals surface area (Å²) < 4.78 is 0. The van der Waals surface area contributed by atoms with Gasteiger partial charge in [-0.15, -0.1) is 10.2 Å². The standard InChI is InChI=1S/C13H15N3OS/c1-2-3-9-11-15-16-13(18-11)14-12(17)10-7-5-4-6-8-10/h4-8H,2-3,9H2,1H3,(H,14,16,17). The monoisotopic (exact) mass is 261 g/mol. The molecule has 0 aliphatic rings. The Bertz CT molecular complexity index is 510. The molecule has 0 radical (unpaired) electrons. The maximum atomic E-state index is 11.9. The number of aromatic nitrogens is 2. The summed E-state index contributed by atoms with van der Waals surface area (Å²) in [6.07, 6.45) is 3.15. The van der Waals surface area contributed by atoms with Crippen molar-refractivity contribution in [1.82, 2.24) is 10.2 Å². The summed E-state index contributed by atoms with van der Waals surface area (Å²) in [6.45, 7) is 2.14. The molecule has 0 fully saturated rings. The van der Waals surface area contributed by atoms with Gasteiger partial charge in [-0.3, -0.25) is 10.1 Å². The van der Waals surface area contributed by atoms with Crippen LogP contribution in [0.4, 0.5) is 5.13 Å². The summed E-state index contributed by atoms with van der Waals surface area (Å²) >= 11 is 1.44. The van der Waals surface area contributed by atoms with E-state index in [0.717, 1.165) is 24.3 Å². The van der Waals surface area contributed by atoms with Crippen LogP contribution < -0.4 is 5.32 Å². The van der Waals surface area contributed by atoms with Crippen molar-refractivity contribution in [3.63, 3.8) is 0 Å². The summed E-state index contributed by atoms with van der Waals surface area (Å²) in [6, 6.07) is 9.09. The van der Waals surface area contributed by atoms with Crippen LogP contribution in [0.5, 0.6) is 0 Å². The molecule has 1 amide bonds. The highest BCUT2D eigenvalue weighted by Crippen LogP contribution is 2.17. The van der Waals surface area contributed by atoms with Crippen LogP contribution in [-0.4, -0.2) is 16.1 Å². The Balaban J connectivity index is 1.97. The second-order valence-electron chi connectivity index (χ2n) is 3.92. The van der Waals surface area contributed by atoms with E-state index >= 15 is 0 Å². The molecule has 1 N–H and O–H groups in total. The number of carbonyl (C=O) groups excluding carboxylic acids is 1. The third-order valence-electron chi connectivity index (χ3n) is 2.47. The van der Waals surface area contributed by atoms with Crippen molar-refractivity contribution >= 4 is 22.4 Å². The van der Waals surface area contributed by atoms with Gasteiger partial charge in [0.1, 0.15) is 5.01 Å². The highest BCUT2D eigenvalue weighted by molar-refractivity contribution is 7.15. The van der Waals surface area contributed by atoms with Crippen LogP contribution >= 0.6 is 11.3 Å². The second kappa shape index (κ2) is 6.26. The second-order valence-corrected chi connectivity index (χ2v) is 4.99. The molecule has 0 bridgehead atoms. The largest absolute Gasteiger partial charge is 0.296 e. The average Bonchev–Trinajstić information content (AvgIpc) is 2.85. The lowest BCUT2D eigenvalue weighted by atomic mass is 10.2. The quantitative estimate of drug-likeness (QED) is 0.899. The maximum Gasteiger partial charge on any atom is 0.257 e. The number of nitrogens with zero attached hydrogens (tertiary/aromatic N) is 2. The van der Waals surface area contributed by atoms with Crippen molar-refractivity contribution in [3.8, 4) is 0 Å². The number of benzene rings is 1. The van der Waals surface area contributed by atoms with Crippen LogP contribution in [0.1, 0.15) is 35.1 Å². The number of anilines is 1. The van der Waals surface area contributed by atoms with Gasteiger partial charge in [0.2, 0.25) is 5.13 Å². The van der Waals surface area contributed by atoms with Crippen LogP contribution in [0.15, 0.2) is 30.3 Å². The minimum Gasteiger partial charge on any atom is -0.296 e. The Morgan fingerprint density at radius 3 is 2.78 bits per heavy atom. The van der Waals surface area contributed by atoms with E-state index in [0.29, 0.717) is 10.7 Å². The molecular formula is C13H15N3OS. The molecule has 1 aromatic heterocycles. The van der Waals surface area contributed by atoms with Gasteiger partial charge in [-0.25, -0.2) is 0 Å². The Morgan fingerprint density at radius 1 is 1.28 bits per heavy atom. The van der Waals surface area contributed by atoms with Gasteiger partial charge in [-0.2, -0.15) is 0 Å². The van der Waals surface area contributed by atoms with E-state index in [2.05, 4.69) is 22.4 Å². The summed E-state index contributed by atoms with van der Waals surface area (Å²) in [5.41, 5.74) is 0.628. The smallest absolute Gasteiger partial charge is 0.257 e. The third kappa shape index (κ3) is 3.37. The first-order valence-electron chi connectivity index (χ1n) is 5.98. The molecule has 0 aliphatic heterocycles. The molecule has 4 nitrogen and oxygen atoms in total. The zero-order valence-electron chi connectivity index (χ0n) is 10.2. The van der Waals surface area contributed by atoms with Crippen molar-refractivity contribution < 1.29 is 4.79 Å². The molecule has 0 saturated carbocycles. The van der Waals surface area contributed by atoms with Crippen molar-refractivity contribution in [1.29, 1.82) is 0 Å². The van der Waals surface area contributed by atoms with Crippen LogP contribution in [-0.2, 0) is 6.42 Å². The SMILES string of the molecule is CCCCc1nnc(NC(=O)c2ccccc2)s1. The number of unbranched alkanes of at least 4 members (excludes halogenated alkanes) is 1. The molecule has 0 atom stereocenters. The van der Waals surface area contributed by atoms with Crippen LogP contribution in [0.3, 0.4) is 0 Å². The molecule has 0 spiro atoms. The van der Waals surface area contributed by atoms with E-state index < -0.39 is 0 Å². The van der Waals surface area contributed by atoms with Crippen molar-refractivity contribution in [2.45, 2.75) is 26.2 Å². The first kappa shape index (κ1) is 12.7. The summed E-state index contributed by atoms with van der Waals surface area (Å²) in [7, 11) is 0. The van der Waals surface area contributed by atoms with Gasteiger partial charge in [0.25, 0.3) is 5.91 Å². The number of aryl methyl sites for hydroxylation is 1. The normalized spacial score (nSPS) is 10.3. The van der Waals surface area contributed by atoms with Gasteiger partial charge in [-0.1, -0.05) is 42.9 Å². The lowest BCUT2D eigenvalue weighted by molar-refractivity contribution is 0.102. The highest BCUT2D eigenvalue weighted by Gasteiger charge is 2.09. The van der Waals surface area contributed by atoms with E-state index in [1.54, 1.807) is 12.1 Å². The molecule has 2 rings (SSSR count). The van der Waals surface area contributed by atoms with Gasteiger partial charge in [0, 0.05) is 12.0 Å². The molecule has 0 saturated heterocycles. The minimum atomic E-state index is -0.145. The van der Waals surface area contributed by atoms with E-state index in [1.165, 1.54) is 11.3 Å². The predicted molar refractivity (Wildman–Crippen MR) is 72.9 cm³/mol. The minimum absolute atomic E-state index is 0.145. The Hall–Kier alpha value is -1.75. The summed E-state index contributed by atoms with van der Waals surface area (Å²) in [5, 5.41) is 12.3. The average molecular weight is 261 g/mol. The molecule has 94 valence electrons. The van der Waals surface area contributed by atoms with Crippen molar-refractivity contribution in [3.05, 3.63) is 40.9 Å². The van der Waals surface area contributed by atoms with Gasteiger partial charge >= 0.3 is 0 Å². The molecule has 0 unspecified atom stereocenters. The van der Waals surface area contributed by atoms with Crippen LogP contribution in [0.25, 0.3) is 0 Å². The van der Waals surface area contributed by atoms with Gasteiger partial charge < -0.3 is 0 Å². The van der Waals surface area contributed by atoms with E-state index in [9.17, 15) is 4.79 Å². The number of hydrogen-bond acceptors (Lipinski definition) is 4. The fraction of sp³-hybridized carbons (Fsp3) is 0.308. The molecule has 0 aliphatic carbocycles. The molecule has 1 aromatic carbocycles. The van der Waals surface area contributed by atoms with Crippen molar-refractivity contribution in [2.75, 3.05) is 5.32 Å². The first-order chi connectivity index (χ1) is 8.79. The number of carbonyl (C=O) groups is 1. The van der Waals surface area contributed by atoms with E-state index in [-0.39, 0.29) is 5.91 Å². The number of nitrogens with one attached hydrogen (secondary N) is 1. The third-order valence-corrected chi connectivity index (χ3v) is 3.37. The fourth-order valence-electron chi connectivity index (χ4n) is 1.49. The Labute approximate surface area is 110 Å². The Kier molecular flexibility index (Phi) is 4.41. The molecule has 2 aromatic rings. The van der Waals surface area contributed by atoms with Gasteiger partial charge in [0.15, 0.2) is 0 Å². The van der Waals surface area contributed by atoms with Gasteiger partial charge in [0.05, 0.1) is 0 Å². The molecule has 1 heterocycles. The highest BCUT2D eigenvalue weighted by atomic mass is 32.1. The van der Waals surface area contributed by atoms with Crippen molar-refractivity contribution in [2.24, 2.45) is 0 Å². The molecular weight excluding hydrogens is 246 g/mol. The van der Waals surface area contributed by atoms with E-state index in [1.807, 2.05) is 18.2 Å².